The Hall–Kier alpha value is -4.20. The third-order valence-corrected chi connectivity index (χ3v) is 4.99. The first-order valence-corrected chi connectivity index (χ1v) is 11.2. The summed E-state index contributed by atoms with van der Waals surface area (Å²) in [6, 6.07) is 4.31. The summed E-state index contributed by atoms with van der Waals surface area (Å²) in [5.41, 5.74) is 22.4. The molecule has 4 unspecified atom stereocenters. The molecule has 36 heavy (non-hydrogen) atoms. The Morgan fingerprint density at radius 3 is 2.08 bits per heavy atom. The lowest BCUT2D eigenvalue weighted by atomic mass is 10.0. The van der Waals surface area contributed by atoms with Crippen molar-refractivity contribution in [2.75, 3.05) is 6.54 Å². The van der Waals surface area contributed by atoms with Gasteiger partial charge in [0.25, 0.3) is 0 Å². The van der Waals surface area contributed by atoms with E-state index < -0.39 is 60.2 Å². The van der Waals surface area contributed by atoms with Crippen molar-refractivity contribution in [3.8, 4) is 0 Å². The van der Waals surface area contributed by atoms with Crippen molar-refractivity contribution in [1.29, 1.82) is 0 Å². The van der Waals surface area contributed by atoms with E-state index in [2.05, 4.69) is 20.9 Å². The molecule has 0 aliphatic rings. The maximum absolute atomic E-state index is 12.9. The van der Waals surface area contributed by atoms with E-state index in [0.29, 0.717) is 6.42 Å². The van der Waals surface area contributed by atoms with Crippen molar-refractivity contribution in [3.05, 3.63) is 35.9 Å². The Morgan fingerprint density at radius 1 is 0.917 bits per heavy atom. The molecule has 0 aromatic heterocycles. The highest BCUT2D eigenvalue weighted by molar-refractivity contribution is 5.94. The molecule has 4 atom stereocenters. The Kier molecular flexibility index (Phi) is 12.4. The molecule has 1 rings (SSSR count). The first-order chi connectivity index (χ1) is 16.9. The van der Waals surface area contributed by atoms with E-state index >= 15 is 0 Å². The highest BCUT2D eigenvalue weighted by atomic mass is 16.4. The van der Waals surface area contributed by atoms with Crippen LogP contribution >= 0.6 is 0 Å². The summed E-state index contributed by atoms with van der Waals surface area (Å²) in [6.07, 6.45) is 0.0689. The predicted molar refractivity (Wildman–Crippen MR) is 131 cm³/mol. The zero-order valence-corrected chi connectivity index (χ0v) is 20.0. The Morgan fingerprint density at radius 2 is 1.53 bits per heavy atom. The number of nitrogens with zero attached hydrogens (tertiary/aromatic N) is 1. The highest BCUT2D eigenvalue weighted by Crippen LogP contribution is 2.05. The second-order valence-corrected chi connectivity index (χ2v) is 8.11. The number of carbonyl (C=O) groups is 5. The van der Waals surface area contributed by atoms with Crippen LogP contribution in [-0.2, 0) is 30.4 Å². The number of guanidine groups is 1. The van der Waals surface area contributed by atoms with Crippen LogP contribution < -0.4 is 38.9 Å². The van der Waals surface area contributed by atoms with Crippen LogP contribution in [0, 0.1) is 0 Å². The van der Waals surface area contributed by atoms with Gasteiger partial charge in [-0.05, 0) is 31.7 Å². The first kappa shape index (κ1) is 29.8. The lowest BCUT2D eigenvalue weighted by Gasteiger charge is -2.23. The van der Waals surface area contributed by atoms with Crippen LogP contribution in [0.2, 0.25) is 0 Å². The molecule has 0 aliphatic heterocycles. The molecule has 0 fully saturated rings. The smallest absolute Gasteiger partial charge is 0.326 e. The van der Waals surface area contributed by atoms with Gasteiger partial charge in [0.05, 0.1) is 12.5 Å². The molecule has 14 nitrogen and oxygen atoms in total. The SMILES string of the molecule is CC(NC(=O)C(CCCN=C(N)N)NC(=O)C(N)Cc1ccccc1)C(=O)NC(CC(N)=O)C(=O)O. The van der Waals surface area contributed by atoms with E-state index in [4.69, 9.17) is 28.0 Å². The van der Waals surface area contributed by atoms with Gasteiger partial charge in [-0.1, -0.05) is 30.3 Å². The van der Waals surface area contributed by atoms with Crippen LogP contribution in [0.4, 0.5) is 0 Å². The molecule has 0 saturated heterocycles. The summed E-state index contributed by atoms with van der Waals surface area (Å²) in [4.78, 5) is 64.0. The Balaban J connectivity index is 2.84. The van der Waals surface area contributed by atoms with Crippen molar-refractivity contribution in [2.45, 2.75) is 56.8 Å². The second-order valence-electron chi connectivity index (χ2n) is 8.11. The fourth-order valence-electron chi connectivity index (χ4n) is 3.09. The fraction of sp³-hybridized carbons (Fsp3) is 0.455. The number of carboxylic acid groups (broad SMARTS) is 1. The van der Waals surface area contributed by atoms with Crippen molar-refractivity contribution in [2.24, 2.45) is 27.9 Å². The van der Waals surface area contributed by atoms with Crippen molar-refractivity contribution in [3.63, 3.8) is 0 Å². The average Bonchev–Trinajstić information content (AvgIpc) is 2.80. The van der Waals surface area contributed by atoms with Gasteiger partial charge in [-0.15, -0.1) is 0 Å². The molecule has 0 radical (unpaired) electrons. The summed E-state index contributed by atoms with van der Waals surface area (Å²) < 4.78 is 0. The molecular weight excluding hydrogens is 472 g/mol. The number of amides is 4. The van der Waals surface area contributed by atoms with Gasteiger partial charge in [-0.2, -0.15) is 0 Å². The predicted octanol–water partition coefficient (Wildman–Crippen LogP) is -2.96. The standard InChI is InChI=1S/C22H34N8O6/c1-12(18(32)30-16(21(35)36)11-17(24)31)28-20(34)15(8-5-9-27-22(25)26)29-19(33)14(23)10-13-6-3-2-4-7-13/h2-4,6-7,12,14-16H,5,8-11,23H2,1H3,(H2,24,31)(H,28,34)(H,29,33)(H,30,32)(H,35,36)(H4,25,26,27). The first-order valence-electron chi connectivity index (χ1n) is 11.2. The maximum Gasteiger partial charge on any atom is 0.326 e. The van der Waals surface area contributed by atoms with Crippen LogP contribution in [0.15, 0.2) is 35.3 Å². The van der Waals surface area contributed by atoms with Crippen molar-refractivity contribution >= 4 is 35.6 Å². The summed E-state index contributed by atoms with van der Waals surface area (Å²) in [6.45, 7) is 1.51. The zero-order chi connectivity index (χ0) is 27.3. The van der Waals surface area contributed by atoms with E-state index in [-0.39, 0.29) is 25.3 Å². The van der Waals surface area contributed by atoms with Crippen LogP contribution in [0.3, 0.4) is 0 Å². The van der Waals surface area contributed by atoms with Gasteiger partial charge in [-0.3, -0.25) is 24.2 Å². The number of aliphatic imine (C=N–C) groups is 1. The minimum Gasteiger partial charge on any atom is -0.480 e. The third kappa shape index (κ3) is 11.3. The fourth-order valence-corrected chi connectivity index (χ4v) is 3.09. The number of nitrogens with two attached hydrogens (primary N) is 4. The van der Waals surface area contributed by atoms with E-state index in [1.54, 1.807) is 0 Å². The molecule has 1 aromatic rings. The van der Waals surface area contributed by atoms with Gasteiger partial charge in [0.2, 0.25) is 23.6 Å². The number of hydrogen-bond donors (Lipinski definition) is 8. The van der Waals surface area contributed by atoms with Crippen molar-refractivity contribution in [1.82, 2.24) is 16.0 Å². The highest BCUT2D eigenvalue weighted by Gasteiger charge is 2.28. The quantitative estimate of drug-likeness (QED) is 0.0685. The number of primary amides is 1. The van der Waals surface area contributed by atoms with Crippen molar-refractivity contribution < 1.29 is 29.1 Å². The third-order valence-electron chi connectivity index (χ3n) is 4.99. The monoisotopic (exact) mass is 506 g/mol. The molecule has 12 N–H and O–H groups in total. The molecule has 0 aliphatic carbocycles. The topological polar surface area (TPSA) is 258 Å². The minimum absolute atomic E-state index is 0.125. The molecule has 0 spiro atoms. The Labute approximate surface area is 208 Å². The minimum atomic E-state index is -1.56. The van der Waals surface area contributed by atoms with E-state index in [9.17, 15) is 24.0 Å². The zero-order valence-electron chi connectivity index (χ0n) is 20.0. The summed E-state index contributed by atoms with van der Waals surface area (Å²) in [5.74, 6) is -4.65. The second kappa shape index (κ2) is 14.9. The summed E-state index contributed by atoms with van der Waals surface area (Å²) in [7, 11) is 0. The van der Waals surface area contributed by atoms with Crippen LogP contribution in [0.5, 0.6) is 0 Å². The normalized spacial score (nSPS) is 13.8. The van der Waals surface area contributed by atoms with Crippen LogP contribution in [0.25, 0.3) is 0 Å². The molecule has 0 saturated carbocycles. The molecule has 0 heterocycles. The van der Waals surface area contributed by atoms with Crippen LogP contribution in [-0.4, -0.2) is 71.4 Å². The average molecular weight is 507 g/mol. The van der Waals surface area contributed by atoms with Gasteiger partial charge in [0, 0.05) is 6.54 Å². The lowest BCUT2D eigenvalue weighted by molar-refractivity contribution is -0.143. The van der Waals surface area contributed by atoms with Gasteiger partial charge in [0.15, 0.2) is 5.96 Å². The van der Waals surface area contributed by atoms with E-state index in [1.165, 1.54) is 6.92 Å². The number of carbonyl (C=O) groups excluding carboxylic acids is 4. The number of carboxylic acids is 1. The number of aliphatic carboxylic acids is 1. The molecule has 198 valence electrons. The largest absolute Gasteiger partial charge is 0.480 e. The van der Waals surface area contributed by atoms with E-state index in [0.717, 1.165) is 5.56 Å². The van der Waals surface area contributed by atoms with Gasteiger partial charge < -0.3 is 44.0 Å². The molecular formula is C22H34N8O6. The Bertz CT molecular complexity index is 951. The number of rotatable bonds is 15. The number of hydrogen-bond acceptors (Lipinski definition) is 7. The lowest BCUT2D eigenvalue weighted by Crippen LogP contribution is -2.56. The number of nitrogens with one attached hydrogen (secondary N) is 3. The maximum atomic E-state index is 12.9. The van der Waals surface area contributed by atoms with Crippen LogP contribution in [0.1, 0.15) is 31.7 Å². The van der Waals surface area contributed by atoms with Gasteiger partial charge in [0.1, 0.15) is 18.1 Å². The van der Waals surface area contributed by atoms with Gasteiger partial charge >= 0.3 is 5.97 Å². The molecule has 0 bridgehead atoms. The number of benzene rings is 1. The molecule has 1 aromatic carbocycles. The molecule has 14 heteroatoms. The van der Waals surface area contributed by atoms with E-state index in [1.807, 2.05) is 30.3 Å². The molecule has 4 amide bonds. The van der Waals surface area contributed by atoms with Gasteiger partial charge in [-0.25, -0.2) is 4.79 Å². The summed E-state index contributed by atoms with van der Waals surface area (Å²) in [5, 5.41) is 16.3. The summed E-state index contributed by atoms with van der Waals surface area (Å²) >= 11 is 0.